The van der Waals surface area contributed by atoms with Crippen molar-refractivity contribution in [3.05, 3.63) is 87.0 Å². The first-order chi connectivity index (χ1) is 11.9. The number of carbonyl (C=O) groups is 1. The van der Waals surface area contributed by atoms with E-state index in [1.807, 2.05) is 24.3 Å². The second-order valence-corrected chi connectivity index (χ2v) is 6.12. The van der Waals surface area contributed by atoms with Crippen molar-refractivity contribution in [3.8, 4) is 0 Å². The zero-order chi connectivity index (χ0) is 18.0. The summed E-state index contributed by atoms with van der Waals surface area (Å²) >= 11 is 0. The van der Waals surface area contributed by atoms with Crippen molar-refractivity contribution < 1.29 is 14.5 Å². The van der Waals surface area contributed by atoms with E-state index in [1.165, 1.54) is 17.7 Å². The Morgan fingerprint density at radius 2 is 1.68 bits per heavy atom. The van der Waals surface area contributed by atoms with Gasteiger partial charge in [-0.2, -0.15) is 0 Å². The summed E-state index contributed by atoms with van der Waals surface area (Å²) in [5.41, 5.74) is 3.18. The van der Waals surface area contributed by atoms with Gasteiger partial charge in [-0.3, -0.25) is 10.1 Å². The summed E-state index contributed by atoms with van der Waals surface area (Å²) in [6.45, 7) is 4.24. The van der Waals surface area contributed by atoms with Crippen molar-refractivity contribution in [2.75, 3.05) is 0 Å². The van der Waals surface area contributed by atoms with Gasteiger partial charge in [0.15, 0.2) is 0 Å². The predicted octanol–water partition coefficient (Wildman–Crippen LogP) is 4.70. The number of ether oxygens (including phenoxy) is 1. The lowest BCUT2D eigenvalue weighted by atomic mass is 10.0. The molecule has 0 bridgehead atoms. The maximum Gasteiger partial charge on any atom is 0.343 e. The van der Waals surface area contributed by atoms with Crippen molar-refractivity contribution in [2.45, 2.75) is 19.8 Å². The fourth-order valence-corrected chi connectivity index (χ4v) is 2.54. The lowest BCUT2D eigenvalue weighted by Crippen LogP contribution is -1.97. The quantitative estimate of drug-likeness (QED) is 0.351. The average Bonchev–Trinajstić information content (AvgIpc) is 2.96. The molecule has 0 saturated heterocycles. The first-order valence-corrected chi connectivity index (χ1v) is 7.94. The number of benzene rings is 2. The van der Waals surface area contributed by atoms with Crippen LogP contribution < -0.4 is 0 Å². The van der Waals surface area contributed by atoms with E-state index in [-0.39, 0.29) is 5.69 Å². The molecule has 0 N–H and O–H groups in total. The van der Waals surface area contributed by atoms with Gasteiger partial charge in [0.1, 0.15) is 5.76 Å². The van der Waals surface area contributed by atoms with E-state index in [4.69, 9.17) is 4.74 Å². The number of carbonyl (C=O) groups excluding carboxylic acids is 1. The van der Waals surface area contributed by atoms with E-state index in [9.17, 15) is 14.9 Å². The maximum atomic E-state index is 12.1. The van der Waals surface area contributed by atoms with Crippen molar-refractivity contribution in [3.63, 3.8) is 0 Å². The summed E-state index contributed by atoms with van der Waals surface area (Å²) in [5.74, 6) is 0.515. The van der Waals surface area contributed by atoms with Crippen LogP contribution in [0.1, 0.15) is 36.5 Å². The molecular weight excluding hydrogens is 318 g/mol. The molecule has 2 aromatic carbocycles. The zero-order valence-electron chi connectivity index (χ0n) is 13.9. The fraction of sp³-hybridized carbons (Fsp3) is 0.150. The largest absolute Gasteiger partial charge is 0.422 e. The lowest BCUT2D eigenvalue weighted by Gasteiger charge is -2.06. The average molecular weight is 335 g/mol. The first kappa shape index (κ1) is 16.6. The second kappa shape index (κ2) is 6.73. The monoisotopic (exact) mass is 335 g/mol. The summed E-state index contributed by atoms with van der Waals surface area (Å²) < 4.78 is 5.34. The highest BCUT2D eigenvalue weighted by atomic mass is 16.6. The van der Waals surface area contributed by atoms with E-state index >= 15 is 0 Å². The van der Waals surface area contributed by atoms with E-state index < -0.39 is 10.9 Å². The molecule has 0 spiro atoms. The molecule has 0 aliphatic carbocycles. The number of hydrogen-bond donors (Lipinski definition) is 0. The van der Waals surface area contributed by atoms with E-state index in [0.29, 0.717) is 22.8 Å². The van der Waals surface area contributed by atoms with Crippen molar-refractivity contribution in [2.24, 2.45) is 0 Å². The molecule has 0 atom stereocenters. The number of nitro benzene ring substituents is 1. The molecule has 3 rings (SSSR count). The number of cyclic esters (lactones) is 1. The summed E-state index contributed by atoms with van der Waals surface area (Å²) in [6.07, 6.45) is 3.34. The SMILES string of the molecule is CC(C)c1ccc(C2=CC(=Cc3ccc([N+](=O)[O-])cc3)C(=O)O2)cc1. The molecule has 0 saturated carbocycles. The topological polar surface area (TPSA) is 69.4 Å². The second-order valence-electron chi connectivity index (χ2n) is 6.12. The van der Waals surface area contributed by atoms with Crippen LogP contribution in [-0.2, 0) is 9.53 Å². The minimum atomic E-state index is -0.459. The van der Waals surface area contributed by atoms with Gasteiger partial charge >= 0.3 is 5.97 Å². The molecule has 5 heteroatoms. The van der Waals surface area contributed by atoms with Crippen molar-refractivity contribution >= 4 is 23.5 Å². The highest BCUT2D eigenvalue weighted by molar-refractivity contribution is 6.05. The van der Waals surface area contributed by atoms with Crippen LogP contribution in [0.3, 0.4) is 0 Å². The van der Waals surface area contributed by atoms with Gasteiger partial charge in [-0.25, -0.2) is 4.79 Å². The number of nitro groups is 1. The molecule has 0 fully saturated rings. The van der Waals surface area contributed by atoms with Crippen LogP contribution in [0.2, 0.25) is 0 Å². The molecule has 25 heavy (non-hydrogen) atoms. The first-order valence-electron chi connectivity index (χ1n) is 7.94. The van der Waals surface area contributed by atoms with Crippen LogP contribution >= 0.6 is 0 Å². The van der Waals surface area contributed by atoms with E-state index in [2.05, 4.69) is 13.8 Å². The zero-order valence-corrected chi connectivity index (χ0v) is 13.9. The summed E-state index contributed by atoms with van der Waals surface area (Å²) in [6, 6.07) is 13.9. The minimum absolute atomic E-state index is 0.0117. The van der Waals surface area contributed by atoms with E-state index in [0.717, 1.165) is 5.56 Å². The summed E-state index contributed by atoms with van der Waals surface area (Å²) in [7, 11) is 0. The minimum Gasteiger partial charge on any atom is -0.422 e. The smallest absolute Gasteiger partial charge is 0.343 e. The van der Waals surface area contributed by atoms with Crippen LogP contribution in [0, 0.1) is 10.1 Å². The van der Waals surface area contributed by atoms with Gasteiger partial charge in [0, 0.05) is 17.7 Å². The maximum absolute atomic E-state index is 12.1. The molecule has 0 radical (unpaired) electrons. The Balaban J connectivity index is 1.85. The van der Waals surface area contributed by atoms with Gasteiger partial charge in [-0.15, -0.1) is 0 Å². The molecule has 1 aliphatic heterocycles. The highest BCUT2D eigenvalue weighted by Gasteiger charge is 2.22. The van der Waals surface area contributed by atoms with Gasteiger partial charge in [-0.05, 0) is 41.3 Å². The molecule has 5 nitrogen and oxygen atoms in total. The Kier molecular flexibility index (Phi) is 4.48. The van der Waals surface area contributed by atoms with Crippen molar-refractivity contribution in [1.82, 2.24) is 0 Å². The molecule has 2 aromatic rings. The number of non-ortho nitro benzene ring substituents is 1. The van der Waals surface area contributed by atoms with E-state index in [1.54, 1.807) is 24.3 Å². The highest BCUT2D eigenvalue weighted by Crippen LogP contribution is 2.28. The Labute approximate surface area is 145 Å². The van der Waals surface area contributed by atoms with Crippen LogP contribution in [0.4, 0.5) is 5.69 Å². The van der Waals surface area contributed by atoms with Crippen LogP contribution in [0.25, 0.3) is 11.8 Å². The molecule has 1 aliphatic rings. The summed E-state index contributed by atoms with van der Waals surface area (Å²) in [5, 5.41) is 10.7. The normalized spacial score (nSPS) is 15.4. The number of rotatable bonds is 4. The van der Waals surface area contributed by atoms with Crippen LogP contribution in [-0.4, -0.2) is 10.9 Å². The van der Waals surface area contributed by atoms with Gasteiger partial charge in [0.25, 0.3) is 5.69 Å². The fourth-order valence-electron chi connectivity index (χ4n) is 2.54. The number of nitrogens with zero attached hydrogens (tertiary/aromatic N) is 1. The van der Waals surface area contributed by atoms with Crippen LogP contribution in [0.15, 0.2) is 60.2 Å². The van der Waals surface area contributed by atoms with Gasteiger partial charge in [-0.1, -0.05) is 38.1 Å². The van der Waals surface area contributed by atoms with Gasteiger partial charge in [0.2, 0.25) is 0 Å². The summed E-state index contributed by atoms with van der Waals surface area (Å²) in [4.78, 5) is 22.3. The standard InChI is InChI=1S/C20H17NO4/c1-13(2)15-5-7-16(8-6-15)19-12-17(20(22)25-19)11-14-3-9-18(10-4-14)21(23)24/h3-13H,1-2H3. The third kappa shape index (κ3) is 3.66. The molecule has 0 amide bonds. The molecule has 1 heterocycles. The molecule has 0 unspecified atom stereocenters. The number of hydrogen-bond acceptors (Lipinski definition) is 4. The Morgan fingerprint density at radius 1 is 1.04 bits per heavy atom. The predicted molar refractivity (Wildman–Crippen MR) is 95.7 cm³/mol. The van der Waals surface area contributed by atoms with Gasteiger partial charge < -0.3 is 4.74 Å². The Hall–Kier alpha value is -3.21. The molecule has 126 valence electrons. The number of esters is 1. The van der Waals surface area contributed by atoms with Crippen LogP contribution in [0.5, 0.6) is 0 Å². The Morgan fingerprint density at radius 3 is 2.24 bits per heavy atom. The molecule has 0 aromatic heterocycles. The molecular formula is C20H17NO4. The third-order valence-electron chi connectivity index (χ3n) is 4.01. The van der Waals surface area contributed by atoms with Crippen molar-refractivity contribution in [1.29, 1.82) is 0 Å². The lowest BCUT2D eigenvalue weighted by molar-refractivity contribution is -0.384. The Bertz CT molecular complexity index is 875. The third-order valence-corrected chi connectivity index (χ3v) is 4.01. The van der Waals surface area contributed by atoms with Gasteiger partial charge in [0.05, 0.1) is 10.5 Å².